The third kappa shape index (κ3) is 4.56. The standard InChI is InChI=1S/C13H19BrN2O3S.ClH/c1-9-5-6-15-8-12(9)16-20(17,18)10-3-4-11(14)13(7-10)19-2;/h3-4,7,9,12,15-16H,5-6,8H2,1-2H3;1H. The molecule has 2 N–H and O–H groups in total. The van der Waals surface area contributed by atoms with Crippen LogP contribution in [0.1, 0.15) is 13.3 Å². The number of halogens is 2. The van der Waals surface area contributed by atoms with E-state index in [2.05, 4.69) is 32.9 Å². The molecule has 0 bridgehead atoms. The van der Waals surface area contributed by atoms with Gasteiger partial charge in [-0.25, -0.2) is 13.1 Å². The predicted molar refractivity (Wildman–Crippen MR) is 88.7 cm³/mol. The lowest BCUT2D eigenvalue weighted by atomic mass is 9.96. The number of benzene rings is 1. The van der Waals surface area contributed by atoms with Crippen molar-refractivity contribution in [2.75, 3.05) is 20.2 Å². The summed E-state index contributed by atoms with van der Waals surface area (Å²) in [6.07, 6.45) is 0.969. The van der Waals surface area contributed by atoms with E-state index in [1.54, 1.807) is 12.1 Å². The van der Waals surface area contributed by atoms with Gasteiger partial charge in [-0.2, -0.15) is 0 Å². The average molecular weight is 400 g/mol. The van der Waals surface area contributed by atoms with Crippen molar-refractivity contribution in [2.45, 2.75) is 24.3 Å². The highest BCUT2D eigenvalue weighted by molar-refractivity contribution is 9.10. The maximum Gasteiger partial charge on any atom is 0.241 e. The quantitative estimate of drug-likeness (QED) is 0.814. The van der Waals surface area contributed by atoms with Crippen LogP contribution >= 0.6 is 28.3 Å². The van der Waals surface area contributed by atoms with Gasteiger partial charge < -0.3 is 10.1 Å². The summed E-state index contributed by atoms with van der Waals surface area (Å²) in [5.74, 6) is 0.825. The third-order valence-electron chi connectivity index (χ3n) is 3.57. The molecule has 1 aliphatic heterocycles. The Bertz CT molecular complexity index is 583. The molecule has 0 aromatic heterocycles. The monoisotopic (exact) mass is 398 g/mol. The zero-order valence-corrected chi connectivity index (χ0v) is 15.1. The van der Waals surface area contributed by atoms with Gasteiger partial charge in [-0.05, 0) is 46.9 Å². The van der Waals surface area contributed by atoms with Crippen molar-refractivity contribution in [1.29, 1.82) is 0 Å². The highest BCUT2D eigenvalue weighted by atomic mass is 79.9. The van der Waals surface area contributed by atoms with Crippen LogP contribution in [-0.4, -0.2) is 34.7 Å². The summed E-state index contributed by atoms with van der Waals surface area (Å²) >= 11 is 3.32. The fourth-order valence-corrected chi connectivity index (χ4v) is 3.99. The molecule has 1 aromatic carbocycles. The first-order valence-electron chi connectivity index (χ1n) is 6.50. The molecule has 0 radical (unpaired) electrons. The van der Waals surface area contributed by atoms with Crippen molar-refractivity contribution in [2.24, 2.45) is 5.92 Å². The van der Waals surface area contributed by atoms with Crippen LogP contribution in [0.2, 0.25) is 0 Å². The molecule has 21 heavy (non-hydrogen) atoms. The summed E-state index contributed by atoms with van der Waals surface area (Å²) in [5, 5.41) is 3.21. The van der Waals surface area contributed by atoms with E-state index in [4.69, 9.17) is 4.74 Å². The minimum atomic E-state index is -3.53. The Morgan fingerprint density at radius 2 is 2.14 bits per heavy atom. The van der Waals surface area contributed by atoms with Crippen LogP contribution in [0.3, 0.4) is 0 Å². The Morgan fingerprint density at radius 1 is 1.43 bits per heavy atom. The van der Waals surface area contributed by atoms with E-state index in [1.165, 1.54) is 13.2 Å². The smallest absolute Gasteiger partial charge is 0.241 e. The lowest BCUT2D eigenvalue weighted by Crippen LogP contribution is -2.50. The number of rotatable bonds is 4. The maximum absolute atomic E-state index is 12.4. The second kappa shape index (κ2) is 7.78. The topological polar surface area (TPSA) is 67.4 Å². The van der Waals surface area contributed by atoms with Crippen LogP contribution < -0.4 is 14.8 Å². The van der Waals surface area contributed by atoms with Gasteiger partial charge in [0.25, 0.3) is 0 Å². The third-order valence-corrected chi connectivity index (χ3v) is 5.71. The van der Waals surface area contributed by atoms with Crippen LogP contribution in [0.4, 0.5) is 0 Å². The number of methoxy groups -OCH3 is 1. The van der Waals surface area contributed by atoms with Crippen LogP contribution in [-0.2, 0) is 10.0 Å². The van der Waals surface area contributed by atoms with Crippen molar-refractivity contribution in [3.63, 3.8) is 0 Å². The summed E-state index contributed by atoms with van der Waals surface area (Å²) in [5.41, 5.74) is 0. The largest absolute Gasteiger partial charge is 0.496 e. The number of hydrogen-bond donors (Lipinski definition) is 2. The molecule has 0 aliphatic carbocycles. The van der Waals surface area contributed by atoms with E-state index < -0.39 is 10.0 Å². The van der Waals surface area contributed by atoms with Gasteiger partial charge in [-0.1, -0.05) is 6.92 Å². The first-order valence-corrected chi connectivity index (χ1v) is 8.78. The van der Waals surface area contributed by atoms with Crippen LogP contribution in [0.25, 0.3) is 0 Å². The summed E-state index contributed by atoms with van der Waals surface area (Å²) in [7, 11) is -2.02. The molecule has 120 valence electrons. The molecule has 0 amide bonds. The van der Waals surface area contributed by atoms with Gasteiger partial charge in [0.05, 0.1) is 16.5 Å². The van der Waals surface area contributed by atoms with Gasteiger partial charge in [-0.15, -0.1) is 12.4 Å². The van der Waals surface area contributed by atoms with Crippen LogP contribution in [0.15, 0.2) is 27.6 Å². The van der Waals surface area contributed by atoms with Crippen LogP contribution in [0.5, 0.6) is 5.75 Å². The molecule has 8 heteroatoms. The Hall–Kier alpha value is -0.340. The van der Waals surface area contributed by atoms with E-state index >= 15 is 0 Å². The van der Waals surface area contributed by atoms with Gasteiger partial charge in [0.15, 0.2) is 0 Å². The molecule has 5 nitrogen and oxygen atoms in total. The molecule has 2 unspecified atom stereocenters. The zero-order valence-electron chi connectivity index (χ0n) is 11.9. The predicted octanol–water partition coefficient (Wildman–Crippen LogP) is 2.16. The summed E-state index contributed by atoms with van der Waals surface area (Å²) < 4.78 is 33.5. The Kier molecular flexibility index (Phi) is 6.93. The SMILES string of the molecule is COc1cc(S(=O)(=O)NC2CNCCC2C)ccc1Br.Cl. The first kappa shape index (κ1) is 18.7. The molecule has 1 heterocycles. The molecule has 0 spiro atoms. The van der Waals surface area contributed by atoms with Crippen molar-refractivity contribution in [3.8, 4) is 5.75 Å². The van der Waals surface area contributed by atoms with Crippen molar-refractivity contribution in [3.05, 3.63) is 22.7 Å². The number of piperidine rings is 1. The lowest BCUT2D eigenvalue weighted by Gasteiger charge is -2.30. The second-order valence-electron chi connectivity index (χ2n) is 4.99. The molecular formula is C13H20BrClN2O3S. The molecule has 1 fully saturated rings. The molecule has 0 saturated carbocycles. The van der Waals surface area contributed by atoms with E-state index in [0.29, 0.717) is 18.2 Å². The molecule has 1 saturated heterocycles. The van der Waals surface area contributed by atoms with E-state index in [9.17, 15) is 8.42 Å². The molecule has 2 rings (SSSR count). The summed E-state index contributed by atoms with van der Waals surface area (Å²) in [6.45, 7) is 3.66. The normalized spacial score (nSPS) is 22.4. The van der Waals surface area contributed by atoms with Crippen molar-refractivity contribution >= 4 is 38.4 Å². The van der Waals surface area contributed by atoms with Gasteiger partial charge in [0.2, 0.25) is 10.0 Å². The van der Waals surface area contributed by atoms with Gasteiger partial charge in [-0.3, -0.25) is 0 Å². The summed E-state index contributed by atoms with van der Waals surface area (Å²) in [4.78, 5) is 0.218. The highest BCUT2D eigenvalue weighted by Crippen LogP contribution is 2.27. The van der Waals surface area contributed by atoms with Gasteiger partial charge >= 0.3 is 0 Å². The molecule has 2 atom stereocenters. The average Bonchev–Trinajstić information content (AvgIpc) is 2.41. The number of nitrogens with one attached hydrogen (secondary N) is 2. The fourth-order valence-electron chi connectivity index (χ4n) is 2.22. The van der Waals surface area contributed by atoms with Crippen molar-refractivity contribution in [1.82, 2.24) is 10.0 Å². The van der Waals surface area contributed by atoms with E-state index in [1.807, 2.05) is 0 Å². The minimum Gasteiger partial charge on any atom is -0.496 e. The van der Waals surface area contributed by atoms with E-state index in [-0.39, 0.29) is 23.3 Å². The minimum absolute atomic E-state index is 0. The van der Waals surface area contributed by atoms with E-state index in [0.717, 1.165) is 17.4 Å². The van der Waals surface area contributed by atoms with Gasteiger partial charge in [0.1, 0.15) is 5.75 Å². The summed E-state index contributed by atoms with van der Waals surface area (Å²) in [6, 6.07) is 4.68. The number of ether oxygens (including phenoxy) is 1. The molecular weight excluding hydrogens is 380 g/mol. The Balaban J connectivity index is 0.00000220. The molecule has 1 aliphatic rings. The zero-order chi connectivity index (χ0) is 14.8. The molecule has 1 aromatic rings. The Morgan fingerprint density at radius 3 is 2.76 bits per heavy atom. The fraction of sp³-hybridized carbons (Fsp3) is 0.538. The lowest BCUT2D eigenvalue weighted by molar-refractivity contribution is 0.327. The Labute approximate surface area is 140 Å². The number of hydrogen-bond acceptors (Lipinski definition) is 4. The van der Waals surface area contributed by atoms with Crippen molar-refractivity contribution < 1.29 is 13.2 Å². The second-order valence-corrected chi connectivity index (χ2v) is 7.56. The van der Waals surface area contributed by atoms with Crippen LogP contribution in [0, 0.1) is 5.92 Å². The maximum atomic E-state index is 12.4. The van der Waals surface area contributed by atoms with Gasteiger partial charge in [0, 0.05) is 18.7 Å². The first-order chi connectivity index (χ1) is 9.44. The highest BCUT2D eigenvalue weighted by Gasteiger charge is 2.27. The number of sulfonamides is 1.